The van der Waals surface area contributed by atoms with Crippen LogP contribution in [0.5, 0.6) is 0 Å². The second-order valence-corrected chi connectivity index (χ2v) is 13.9. The van der Waals surface area contributed by atoms with Crippen molar-refractivity contribution >= 4 is 11.8 Å². The second kappa shape index (κ2) is 10.3. The number of carbonyl (C=O) groups is 2. The Morgan fingerprint density at radius 3 is 2.36 bits per heavy atom. The number of benzene rings is 1. The van der Waals surface area contributed by atoms with Gasteiger partial charge in [-0.2, -0.15) is 0 Å². The van der Waals surface area contributed by atoms with E-state index < -0.39 is 76.3 Å². The summed E-state index contributed by atoms with van der Waals surface area (Å²) in [7, 11) is 7.90. The molecular formula is C33H45NO10. The lowest BCUT2D eigenvalue weighted by atomic mass is 9.42. The summed E-state index contributed by atoms with van der Waals surface area (Å²) in [5, 5.41) is 24.6. The maximum atomic E-state index is 14.9. The number of Topliss-reactive ketones (excluding diaryl/α,β-unsaturated/α-hetero) is 1. The van der Waals surface area contributed by atoms with Gasteiger partial charge in [0.1, 0.15) is 17.3 Å². The summed E-state index contributed by atoms with van der Waals surface area (Å²) in [5.41, 5.74) is -4.40. The molecule has 7 rings (SSSR count). The van der Waals surface area contributed by atoms with E-state index in [9.17, 15) is 19.8 Å². The van der Waals surface area contributed by atoms with Crippen LogP contribution in [0.2, 0.25) is 0 Å². The SMILES string of the molecule is CCN1C[C@@]2(COC)[C@H](O)C[C@H](OC)[C@@]34[C@@H]5C[C@@]6(O)[C@H](OC)C(=O)[C@](OC)([C@@H]5[C@H]6OC(=O)c5ccccc5)[C@@H]([C@H](OC)[C@H]23)[C@@H]14. The van der Waals surface area contributed by atoms with Crippen LogP contribution >= 0.6 is 0 Å². The van der Waals surface area contributed by atoms with E-state index in [1.807, 2.05) is 6.07 Å². The molecule has 0 unspecified atom stereocenters. The fourth-order valence-corrected chi connectivity index (χ4v) is 12.0. The summed E-state index contributed by atoms with van der Waals surface area (Å²) < 4.78 is 37.3. The molecule has 0 radical (unpaired) electrons. The average Bonchev–Trinajstić information content (AvgIpc) is 3.40. The molecule has 1 aliphatic heterocycles. The number of esters is 1. The highest BCUT2D eigenvalue weighted by Gasteiger charge is 2.91. The first kappa shape index (κ1) is 30.7. The van der Waals surface area contributed by atoms with E-state index in [2.05, 4.69) is 11.8 Å². The van der Waals surface area contributed by atoms with Gasteiger partial charge >= 0.3 is 5.97 Å². The van der Waals surface area contributed by atoms with E-state index in [1.165, 1.54) is 14.2 Å². The summed E-state index contributed by atoms with van der Waals surface area (Å²) >= 11 is 0. The number of rotatable bonds is 9. The topological polar surface area (TPSA) is 133 Å². The van der Waals surface area contributed by atoms with E-state index in [-0.39, 0.29) is 30.8 Å². The summed E-state index contributed by atoms with van der Waals surface area (Å²) in [6.45, 7) is 3.57. The third-order valence-corrected chi connectivity index (χ3v) is 12.9. The summed E-state index contributed by atoms with van der Waals surface area (Å²) in [6.07, 6.45) is -3.61. The van der Waals surface area contributed by atoms with Gasteiger partial charge in [0, 0.05) is 83.1 Å². The monoisotopic (exact) mass is 615 g/mol. The number of carbonyl (C=O) groups excluding carboxylic acids is 2. The zero-order chi connectivity index (χ0) is 31.4. The minimum atomic E-state index is -1.81. The average molecular weight is 616 g/mol. The van der Waals surface area contributed by atoms with Gasteiger partial charge in [0.25, 0.3) is 0 Å². The molecule has 6 aliphatic rings. The van der Waals surface area contributed by atoms with Crippen molar-refractivity contribution in [3.8, 4) is 0 Å². The van der Waals surface area contributed by atoms with Gasteiger partial charge in [0.05, 0.1) is 30.5 Å². The van der Waals surface area contributed by atoms with Crippen LogP contribution in [-0.4, -0.2) is 130 Å². The molecule has 1 heterocycles. The van der Waals surface area contributed by atoms with Crippen LogP contribution in [-0.2, 0) is 33.2 Å². The van der Waals surface area contributed by atoms with Crippen LogP contribution in [0.15, 0.2) is 30.3 Å². The van der Waals surface area contributed by atoms with Gasteiger partial charge in [0.2, 0.25) is 0 Å². The predicted molar refractivity (Wildman–Crippen MR) is 155 cm³/mol. The fourth-order valence-electron chi connectivity index (χ4n) is 12.0. The molecule has 242 valence electrons. The molecule has 1 aromatic rings. The Morgan fingerprint density at radius 1 is 1.05 bits per heavy atom. The lowest BCUT2D eigenvalue weighted by Crippen LogP contribution is -2.80. The first-order chi connectivity index (χ1) is 21.1. The number of hydrogen-bond acceptors (Lipinski definition) is 11. The minimum absolute atomic E-state index is 0.131. The lowest BCUT2D eigenvalue weighted by Gasteiger charge is -2.70. The van der Waals surface area contributed by atoms with E-state index in [4.69, 9.17) is 28.4 Å². The first-order valence-electron chi connectivity index (χ1n) is 15.7. The molecule has 11 heteroatoms. The number of hydrogen-bond donors (Lipinski definition) is 2. The van der Waals surface area contributed by atoms with Crippen LogP contribution in [0.3, 0.4) is 0 Å². The smallest absolute Gasteiger partial charge is 0.338 e. The maximum absolute atomic E-state index is 14.9. The molecule has 0 aromatic heterocycles. The van der Waals surface area contributed by atoms with E-state index in [0.29, 0.717) is 25.1 Å². The Kier molecular flexibility index (Phi) is 7.16. The lowest BCUT2D eigenvalue weighted by molar-refractivity contribution is -0.293. The molecule has 5 aliphatic carbocycles. The van der Waals surface area contributed by atoms with Gasteiger partial charge < -0.3 is 38.6 Å². The number of aliphatic hydroxyl groups is 2. The molecule has 5 saturated carbocycles. The van der Waals surface area contributed by atoms with Crippen molar-refractivity contribution in [2.24, 2.45) is 34.5 Å². The van der Waals surface area contributed by atoms with Crippen LogP contribution in [0.1, 0.15) is 30.1 Å². The van der Waals surface area contributed by atoms with Crippen molar-refractivity contribution in [3.63, 3.8) is 0 Å². The van der Waals surface area contributed by atoms with Crippen LogP contribution < -0.4 is 0 Å². The van der Waals surface area contributed by atoms with Crippen molar-refractivity contribution in [2.75, 3.05) is 55.2 Å². The number of likely N-dealkylation sites (tertiary alicyclic amines) is 1. The minimum Gasteiger partial charge on any atom is -0.455 e. The summed E-state index contributed by atoms with van der Waals surface area (Å²) in [6, 6.07) is 8.41. The number of nitrogens with zero attached hydrogens (tertiary/aromatic N) is 1. The molecule has 2 N–H and O–H groups in total. The Hall–Kier alpha value is -1.96. The van der Waals surface area contributed by atoms with Crippen molar-refractivity contribution in [3.05, 3.63) is 35.9 Å². The van der Waals surface area contributed by atoms with Gasteiger partial charge in [-0.15, -0.1) is 0 Å². The Labute approximate surface area is 258 Å². The zero-order valence-electron chi connectivity index (χ0n) is 26.3. The number of ether oxygens (including phenoxy) is 6. The molecule has 1 aromatic carbocycles. The van der Waals surface area contributed by atoms with Crippen molar-refractivity contribution in [2.45, 2.75) is 67.5 Å². The number of piperidine rings is 1. The molecule has 1 saturated heterocycles. The molecule has 0 amide bonds. The highest BCUT2D eigenvalue weighted by Crippen LogP contribution is 2.80. The van der Waals surface area contributed by atoms with E-state index in [1.54, 1.807) is 45.6 Å². The van der Waals surface area contributed by atoms with Crippen LogP contribution in [0, 0.1) is 34.5 Å². The molecule has 14 atom stereocenters. The number of aliphatic hydroxyl groups excluding tert-OH is 1. The first-order valence-corrected chi connectivity index (χ1v) is 15.7. The highest BCUT2D eigenvalue weighted by molar-refractivity contribution is 5.96. The highest BCUT2D eigenvalue weighted by atomic mass is 16.6. The molecule has 11 nitrogen and oxygen atoms in total. The third kappa shape index (κ3) is 3.25. The van der Waals surface area contributed by atoms with Gasteiger partial charge in [0.15, 0.2) is 11.9 Å². The predicted octanol–water partition coefficient (Wildman–Crippen LogP) is 0.940. The number of ketones is 1. The molecular weight excluding hydrogens is 570 g/mol. The quantitative estimate of drug-likeness (QED) is 0.385. The van der Waals surface area contributed by atoms with Crippen LogP contribution in [0.4, 0.5) is 0 Å². The molecule has 6 fully saturated rings. The Morgan fingerprint density at radius 2 is 1.77 bits per heavy atom. The van der Waals surface area contributed by atoms with Crippen molar-refractivity contribution in [1.82, 2.24) is 4.90 Å². The number of fused-ring (bicyclic) bond motifs is 2. The van der Waals surface area contributed by atoms with Crippen molar-refractivity contribution in [1.29, 1.82) is 0 Å². The summed E-state index contributed by atoms with van der Waals surface area (Å²) in [5.74, 6) is -2.89. The Balaban J connectivity index is 1.51. The third-order valence-electron chi connectivity index (χ3n) is 12.9. The van der Waals surface area contributed by atoms with Gasteiger partial charge in [-0.1, -0.05) is 25.1 Å². The standard InChI is InChI=1S/C33H45NO10/c1-7-34-15-30(16-39-2)19(35)13-20(40-3)32-18-14-31(38)27(44-29(37)17-11-9-8-10-12-17)21(18)33(43-6,26(36)28(31)42-5)22(25(32)34)23(41-4)24(30)32/h8-12,18-25,27-28,35,38H,7,13-16H2,1-6H3/t18-,19-,20+,21+,22+,23+,24-,25-,27-,28-,30-,31+,32+,33+/m1/s1. The van der Waals surface area contributed by atoms with E-state index >= 15 is 0 Å². The number of methoxy groups -OCH3 is 5. The molecule has 7 bridgehead atoms. The molecule has 44 heavy (non-hydrogen) atoms. The van der Waals surface area contributed by atoms with Crippen molar-refractivity contribution < 1.29 is 48.2 Å². The fraction of sp³-hybridized carbons (Fsp3) is 0.758. The van der Waals surface area contributed by atoms with Gasteiger partial charge in [-0.3, -0.25) is 9.69 Å². The second-order valence-electron chi connectivity index (χ2n) is 13.9. The van der Waals surface area contributed by atoms with E-state index in [0.717, 1.165) is 0 Å². The van der Waals surface area contributed by atoms with Crippen LogP contribution in [0.25, 0.3) is 0 Å². The normalized spacial score (nSPS) is 50.1. The maximum Gasteiger partial charge on any atom is 0.338 e. The van der Waals surface area contributed by atoms with Gasteiger partial charge in [-0.25, -0.2) is 4.79 Å². The largest absolute Gasteiger partial charge is 0.455 e. The zero-order valence-corrected chi connectivity index (χ0v) is 26.3. The molecule has 1 spiro atoms. The summed E-state index contributed by atoms with van der Waals surface area (Å²) in [4.78, 5) is 30.9. The Bertz CT molecular complexity index is 1310. The van der Waals surface area contributed by atoms with Gasteiger partial charge in [-0.05, 0) is 31.0 Å².